The highest BCUT2D eigenvalue weighted by Crippen LogP contribution is 2.28. The smallest absolute Gasteiger partial charge is 0.0528 e. The highest BCUT2D eigenvalue weighted by atomic mass is 16.5. The lowest BCUT2D eigenvalue weighted by molar-refractivity contribution is 0.0707. The van der Waals surface area contributed by atoms with Crippen LogP contribution in [0.15, 0.2) is 30.5 Å². The molecular weight excluding hydrogens is 224 g/mol. The van der Waals surface area contributed by atoms with Crippen LogP contribution in [0, 0.1) is 0 Å². The van der Waals surface area contributed by atoms with Gasteiger partial charge < -0.3 is 14.6 Å². The molecule has 1 aromatic carbocycles. The van der Waals surface area contributed by atoms with E-state index in [2.05, 4.69) is 40.3 Å². The van der Waals surface area contributed by atoms with Crippen LogP contribution in [0.5, 0.6) is 0 Å². The Kier molecular flexibility index (Phi) is 3.35. The molecule has 1 aliphatic heterocycles. The van der Waals surface area contributed by atoms with E-state index >= 15 is 0 Å². The topological polar surface area (TPSA) is 26.2 Å². The average Bonchev–Trinajstić information content (AvgIpc) is 2.85. The first-order valence-electron chi connectivity index (χ1n) is 6.71. The fraction of sp³-hybridized carbons (Fsp3) is 0.467. The molecule has 0 radical (unpaired) electrons. The maximum Gasteiger partial charge on any atom is 0.0528 e. The maximum atomic E-state index is 5.46. The second-order valence-corrected chi connectivity index (χ2v) is 4.95. The number of benzene rings is 1. The third-order valence-electron chi connectivity index (χ3n) is 3.78. The van der Waals surface area contributed by atoms with Crippen LogP contribution in [-0.2, 0) is 11.3 Å². The average molecular weight is 244 g/mol. The molecule has 0 bridgehead atoms. The Bertz CT molecular complexity index is 526. The van der Waals surface area contributed by atoms with E-state index in [0.29, 0.717) is 6.04 Å². The van der Waals surface area contributed by atoms with E-state index in [1.54, 1.807) is 0 Å². The summed E-state index contributed by atoms with van der Waals surface area (Å²) in [7, 11) is 2.00. The quantitative estimate of drug-likeness (QED) is 0.898. The standard InChI is InChI=1S/C15H20N2O/c1-16-11-13-4-2-3-12-5-8-17(15(12)13)14-6-9-18-10-7-14/h2-5,8,14,16H,6-7,9-11H2,1H3. The van der Waals surface area contributed by atoms with E-state index in [1.807, 2.05) is 7.05 Å². The highest BCUT2D eigenvalue weighted by Gasteiger charge is 2.18. The van der Waals surface area contributed by atoms with Crippen LogP contribution in [0.4, 0.5) is 0 Å². The molecule has 0 atom stereocenters. The monoisotopic (exact) mass is 244 g/mol. The minimum absolute atomic E-state index is 0.592. The van der Waals surface area contributed by atoms with Gasteiger partial charge in [0, 0.05) is 32.0 Å². The molecule has 2 aromatic rings. The van der Waals surface area contributed by atoms with Crippen molar-refractivity contribution in [3.63, 3.8) is 0 Å². The highest BCUT2D eigenvalue weighted by molar-refractivity contribution is 5.83. The predicted octanol–water partition coefficient (Wildman–Crippen LogP) is 2.71. The van der Waals surface area contributed by atoms with Crippen LogP contribution < -0.4 is 5.32 Å². The Morgan fingerprint density at radius 3 is 2.89 bits per heavy atom. The summed E-state index contributed by atoms with van der Waals surface area (Å²) in [5, 5.41) is 4.60. The second-order valence-electron chi connectivity index (χ2n) is 4.95. The van der Waals surface area contributed by atoms with Gasteiger partial charge >= 0.3 is 0 Å². The molecule has 18 heavy (non-hydrogen) atoms. The predicted molar refractivity (Wildman–Crippen MR) is 73.8 cm³/mol. The zero-order valence-corrected chi connectivity index (χ0v) is 10.9. The van der Waals surface area contributed by atoms with Gasteiger partial charge in [-0.1, -0.05) is 18.2 Å². The largest absolute Gasteiger partial charge is 0.381 e. The molecule has 3 nitrogen and oxygen atoms in total. The van der Waals surface area contributed by atoms with Gasteiger partial charge in [-0.2, -0.15) is 0 Å². The van der Waals surface area contributed by atoms with Gasteiger partial charge in [0.15, 0.2) is 0 Å². The lowest BCUT2D eigenvalue weighted by Gasteiger charge is -2.25. The summed E-state index contributed by atoms with van der Waals surface area (Å²) >= 11 is 0. The molecule has 96 valence electrons. The number of hydrogen-bond acceptors (Lipinski definition) is 2. The fourth-order valence-electron chi connectivity index (χ4n) is 2.90. The van der Waals surface area contributed by atoms with E-state index in [0.717, 1.165) is 32.6 Å². The van der Waals surface area contributed by atoms with Crippen molar-refractivity contribution in [2.75, 3.05) is 20.3 Å². The zero-order chi connectivity index (χ0) is 12.4. The molecule has 3 rings (SSSR count). The number of nitrogens with zero attached hydrogens (tertiary/aromatic N) is 1. The molecule has 1 aromatic heterocycles. The first-order chi connectivity index (χ1) is 8.90. The van der Waals surface area contributed by atoms with Gasteiger partial charge in [-0.3, -0.25) is 0 Å². The Balaban J connectivity index is 2.05. The Labute approximate surface area is 108 Å². The van der Waals surface area contributed by atoms with Crippen LogP contribution in [-0.4, -0.2) is 24.8 Å². The number of rotatable bonds is 3. The van der Waals surface area contributed by atoms with Crippen LogP contribution in [0.25, 0.3) is 10.9 Å². The summed E-state index contributed by atoms with van der Waals surface area (Å²) in [6.07, 6.45) is 4.48. The summed E-state index contributed by atoms with van der Waals surface area (Å²) in [6, 6.07) is 9.38. The van der Waals surface area contributed by atoms with Crippen molar-refractivity contribution in [2.45, 2.75) is 25.4 Å². The molecule has 2 heterocycles. The lowest BCUT2D eigenvalue weighted by atomic mass is 10.1. The van der Waals surface area contributed by atoms with Crippen molar-refractivity contribution in [2.24, 2.45) is 0 Å². The summed E-state index contributed by atoms with van der Waals surface area (Å²) in [5.41, 5.74) is 2.77. The number of hydrogen-bond donors (Lipinski definition) is 1. The van der Waals surface area contributed by atoms with E-state index in [4.69, 9.17) is 4.74 Å². The van der Waals surface area contributed by atoms with Crippen LogP contribution in [0.2, 0.25) is 0 Å². The molecule has 0 spiro atoms. The molecule has 1 N–H and O–H groups in total. The molecule has 0 amide bonds. The Morgan fingerprint density at radius 1 is 1.28 bits per heavy atom. The SMILES string of the molecule is CNCc1cccc2ccn(C3CCOCC3)c12. The van der Waals surface area contributed by atoms with Crippen LogP contribution in [0.3, 0.4) is 0 Å². The van der Waals surface area contributed by atoms with Crippen LogP contribution >= 0.6 is 0 Å². The van der Waals surface area contributed by atoms with Gasteiger partial charge in [0.25, 0.3) is 0 Å². The van der Waals surface area contributed by atoms with Crippen molar-refractivity contribution in [3.05, 3.63) is 36.0 Å². The summed E-state index contributed by atoms with van der Waals surface area (Å²) < 4.78 is 7.91. The summed E-state index contributed by atoms with van der Waals surface area (Å²) in [6.45, 7) is 2.70. The molecule has 0 saturated carbocycles. The third kappa shape index (κ3) is 2.04. The first-order valence-corrected chi connectivity index (χ1v) is 6.71. The molecule has 1 saturated heterocycles. The number of ether oxygens (including phenoxy) is 1. The summed E-state index contributed by atoms with van der Waals surface area (Å²) in [4.78, 5) is 0. The minimum Gasteiger partial charge on any atom is -0.381 e. The van der Waals surface area contributed by atoms with Crippen molar-refractivity contribution in [1.82, 2.24) is 9.88 Å². The van der Waals surface area contributed by atoms with E-state index in [1.165, 1.54) is 16.5 Å². The molecule has 1 aliphatic rings. The van der Waals surface area contributed by atoms with Crippen molar-refractivity contribution >= 4 is 10.9 Å². The van der Waals surface area contributed by atoms with Crippen LogP contribution in [0.1, 0.15) is 24.4 Å². The first kappa shape index (κ1) is 11.8. The second kappa shape index (κ2) is 5.12. The number of aromatic nitrogens is 1. The van der Waals surface area contributed by atoms with Crippen molar-refractivity contribution < 1.29 is 4.74 Å². The fourth-order valence-corrected chi connectivity index (χ4v) is 2.90. The van der Waals surface area contributed by atoms with Crippen molar-refractivity contribution in [1.29, 1.82) is 0 Å². The summed E-state index contributed by atoms with van der Waals surface area (Å²) in [5.74, 6) is 0. The van der Waals surface area contributed by atoms with E-state index in [-0.39, 0.29) is 0 Å². The van der Waals surface area contributed by atoms with Gasteiger partial charge in [0.2, 0.25) is 0 Å². The van der Waals surface area contributed by atoms with Gasteiger partial charge in [-0.15, -0.1) is 0 Å². The van der Waals surface area contributed by atoms with Gasteiger partial charge in [0.05, 0.1) is 5.52 Å². The number of para-hydroxylation sites is 1. The number of fused-ring (bicyclic) bond motifs is 1. The minimum atomic E-state index is 0.592. The molecule has 1 fully saturated rings. The lowest BCUT2D eigenvalue weighted by Crippen LogP contribution is -2.19. The van der Waals surface area contributed by atoms with Gasteiger partial charge in [-0.05, 0) is 36.9 Å². The molecule has 0 unspecified atom stereocenters. The van der Waals surface area contributed by atoms with Gasteiger partial charge in [0.1, 0.15) is 0 Å². The zero-order valence-electron chi connectivity index (χ0n) is 10.9. The normalized spacial score (nSPS) is 17.4. The maximum absolute atomic E-state index is 5.46. The van der Waals surface area contributed by atoms with E-state index in [9.17, 15) is 0 Å². The van der Waals surface area contributed by atoms with Gasteiger partial charge in [-0.25, -0.2) is 0 Å². The Hall–Kier alpha value is -1.32. The third-order valence-corrected chi connectivity index (χ3v) is 3.78. The molecular formula is C15H20N2O. The van der Waals surface area contributed by atoms with E-state index < -0.39 is 0 Å². The number of nitrogens with one attached hydrogen (secondary N) is 1. The van der Waals surface area contributed by atoms with Crippen molar-refractivity contribution in [3.8, 4) is 0 Å². The Morgan fingerprint density at radius 2 is 2.11 bits per heavy atom. The molecule has 3 heteroatoms. The molecule has 0 aliphatic carbocycles.